The fraction of sp³-hybridized carbons (Fsp3) is 0.111. The van der Waals surface area contributed by atoms with E-state index in [4.69, 9.17) is 9.26 Å². The summed E-state index contributed by atoms with van der Waals surface area (Å²) in [5.41, 5.74) is 0.1000. The van der Waals surface area contributed by atoms with Crippen molar-refractivity contribution in [2.75, 3.05) is 6.61 Å². The smallest absolute Gasteiger partial charge is 0.270 e. The second kappa shape index (κ2) is 4.08. The van der Waals surface area contributed by atoms with Gasteiger partial charge in [0, 0.05) is 12.1 Å². The van der Waals surface area contributed by atoms with Gasteiger partial charge in [0.1, 0.15) is 6.61 Å². The van der Waals surface area contributed by atoms with E-state index < -0.39 is 17.5 Å². The molecule has 17 heavy (non-hydrogen) atoms. The first kappa shape index (κ1) is 10.9. The van der Waals surface area contributed by atoms with Crippen molar-refractivity contribution in [2.24, 2.45) is 0 Å². The first-order chi connectivity index (χ1) is 8.08. The van der Waals surface area contributed by atoms with Gasteiger partial charge < -0.3 is 19.2 Å². The normalized spacial score (nSPS) is 10.4. The Labute approximate surface area is 93.5 Å². The van der Waals surface area contributed by atoms with E-state index in [0.29, 0.717) is 0 Å². The number of carbonyl (C=O) groups excluding carboxylic acids is 1. The number of fused-ring (bicyclic) bond motifs is 1. The summed E-state index contributed by atoms with van der Waals surface area (Å²) >= 11 is 0. The fourth-order valence-electron chi connectivity index (χ4n) is 1.25. The van der Waals surface area contributed by atoms with Gasteiger partial charge >= 0.3 is 0 Å². The van der Waals surface area contributed by atoms with E-state index >= 15 is 0 Å². The number of nitrogens with zero attached hydrogens (tertiary/aromatic N) is 2. The van der Waals surface area contributed by atoms with Crippen molar-refractivity contribution in [3.05, 3.63) is 28.3 Å². The van der Waals surface area contributed by atoms with Crippen LogP contribution in [0.2, 0.25) is 0 Å². The van der Waals surface area contributed by atoms with Crippen LogP contribution in [-0.4, -0.2) is 22.7 Å². The molecule has 0 amide bonds. The highest BCUT2D eigenvalue weighted by Gasteiger charge is 2.14. The number of aliphatic carboxylic acids is 1. The van der Waals surface area contributed by atoms with E-state index in [1.165, 1.54) is 18.2 Å². The van der Waals surface area contributed by atoms with Gasteiger partial charge in [0.2, 0.25) is 0 Å². The second-order valence-corrected chi connectivity index (χ2v) is 3.09. The monoisotopic (exact) mass is 237 g/mol. The lowest BCUT2D eigenvalue weighted by molar-refractivity contribution is -0.384. The summed E-state index contributed by atoms with van der Waals surface area (Å²) < 4.78 is 9.57. The number of aromatic nitrogens is 1. The maximum Gasteiger partial charge on any atom is 0.270 e. The lowest BCUT2D eigenvalue weighted by Crippen LogP contribution is -2.29. The van der Waals surface area contributed by atoms with Gasteiger partial charge in [-0.05, 0) is 11.2 Å². The highest BCUT2D eigenvalue weighted by atomic mass is 16.6. The summed E-state index contributed by atoms with van der Waals surface area (Å²) in [7, 11) is 0. The molecule has 0 bridgehead atoms. The zero-order valence-electron chi connectivity index (χ0n) is 8.28. The molecule has 1 aromatic heterocycles. The Bertz CT molecular complexity index is 590. The Morgan fingerprint density at radius 3 is 2.94 bits per heavy atom. The lowest BCUT2D eigenvalue weighted by atomic mass is 10.2. The number of carboxylic acid groups (broad SMARTS) is 1. The average Bonchev–Trinajstić information content (AvgIpc) is 2.68. The van der Waals surface area contributed by atoms with Crippen LogP contribution in [0.3, 0.4) is 0 Å². The average molecular weight is 237 g/mol. The van der Waals surface area contributed by atoms with Crippen LogP contribution in [0.25, 0.3) is 11.0 Å². The van der Waals surface area contributed by atoms with Crippen molar-refractivity contribution in [2.45, 2.75) is 0 Å². The van der Waals surface area contributed by atoms with Crippen molar-refractivity contribution in [1.29, 1.82) is 0 Å². The van der Waals surface area contributed by atoms with Crippen LogP contribution in [0.4, 0.5) is 5.69 Å². The molecule has 0 aliphatic rings. The third-order valence-electron chi connectivity index (χ3n) is 1.96. The quantitative estimate of drug-likeness (QED) is 0.536. The second-order valence-electron chi connectivity index (χ2n) is 3.09. The molecule has 2 aromatic rings. The molecule has 0 unspecified atom stereocenters. The number of non-ortho nitro benzene ring substituents is 1. The summed E-state index contributed by atoms with van der Waals surface area (Å²) in [5.74, 6) is -1.54. The molecule has 0 fully saturated rings. The molecular weight excluding hydrogens is 232 g/mol. The zero-order chi connectivity index (χ0) is 12.4. The number of rotatable bonds is 4. The van der Waals surface area contributed by atoms with E-state index in [0.717, 1.165) is 0 Å². The van der Waals surface area contributed by atoms with Gasteiger partial charge in [-0.3, -0.25) is 10.1 Å². The molecule has 2 rings (SSSR count). The molecule has 0 aliphatic heterocycles. The van der Waals surface area contributed by atoms with Gasteiger partial charge in [0.15, 0.2) is 5.58 Å². The zero-order valence-corrected chi connectivity index (χ0v) is 8.28. The number of hydrogen-bond acceptors (Lipinski definition) is 7. The molecule has 1 heterocycles. The van der Waals surface area contributed by atoms with Crippen LogP contribution in [0.15, 0.2) is 22.7 Å². The van der Waals surface area contributed by atoms with Gasteiger partial charge in [0.05, 0.1) is 16.3 Å². The number of nitro benzene ring substituents is 1. The summed E-state index contributed by atoms with van der Waals surface area (Å²) in [4.78, 5) is 20.2. The van der Waals surface area contributed by atoms with Gasteiger partial charge in [-0.25, -0.2) is 0 Å². The largest absolute Gasteiger partial charge is 0.546 e. The first-order valence-corrected chi connectivity index (χ1v) is 4.44. The fourth-order valence-corrected chi connectivity index (χ4v) is 1.25. The molecular formula is C9H5N2O6-. The summed E-state index contributed by atoms with van der Waals surface area (Å²) in [6.45, 7) is -0.704. The number of carbonyl (C=O) groups is 1. The Hall–Kier alpha value is -2.64. The summed E-state index contributed by atoms with van der Waals surface area (Å²) in [6, 6.07) is 3.79. The molecule has 0 radical (unpaired) electrons. The van der Waals surface area contributed by atoms with Crippen molar-refractivity contribution in [3.63, 3.8) is 0 Å². The highest BCUT2D eigenvalue weighted by Crippen LogP contribution is 2.28. The van der Waals surface area contributed by atoms with Crippen LogP contribution in [-0.2, 0) is 4.79 Å². The summed E-state index contributed by atoms with van der Waals surface area (Å²) in [6.07, 6.45) is 0. The van der Waals surface area contributed by atoms with E-state index in [1.807, 2.05) is 0 Å². The SMILES string of the molecule is O=C([O-])COc1noc2ccc([N+](=O)[O-])cc12. The summed E-state index contributed by atoms with van der Waals surface area (Å²) in [5, 5.41) is 24.4. The molecule has 0 saturated carbocycles. The molecule has 1 aromatic carbocycles. The Balaban J connectivity index is 2.39. The van der Waals surface area contributed by atoms with Crippen LogP contribution in [0.1, 0.15) is 0 Å². The third-order valence-corrected chi connectivity index (χ3v) is 1.96. The highest BCUT2D eigenvalue weighted by molar-refractivity contribution is 5.84. The lowest BCUT2D eigenvalue weighted by Gasteiger charge is -2.02. The van der Waals surface area contributed by atoms with Crippen molar-refractivity contribution < 1.29 is 24.1 Å². The van der Waals surface area contributed by atoms with Gasteiger partial charge in [-0.1, -0.05) is 0 Å². The number of carboxylic acids is 1. The number of nitro groups is 1. The van der Waals surface area contributed by atoms with Crippen molar-refractivity contribution in [1.82, 2.24) is 5.16 Å². The Kier molecular flexibility index (Phi) is 2.61. The number of benzene rings is 1. The van der Waals surface area contributed by atoms with Crippen LogP contribution < -0.4 is 9.84 Å². The van der Waals surface area contributed by atoms with E-state index in [2.05, 4.69) is 5.16 Å². The van der Waals surface area contributed by atoms with Crippen molar-refractivity contribution >= 4 is 22.6 Å². The molecule has 8 nitrogen and oxygen atoms in total. The van der Waals surface area contributed by atoms with E-state index in [1.54, 1.807) is 0 Å². The number of ether oxygens (including phenoxy) is 1. The predicted octanol–water partition coefficient (Wildman–Crippen LogP) is -0.135. The molecule has 0 N–H and O–H groups in total. The minimum atomic E-state index is -1.42. The Morgan fingerprint density at radius 1 is 1.53 bits per heavy atom. The molecule has 0 atom stereocenters. The maximum atomic E-state index is 10.6. The molecule has 8 heteroatoms. The van der Waals surface area contributed by atoms with E-state index in [-0.39, 0.29) is 22.5 Å². The van der Waals surface area contributed by atoms with Crippen LogP contribution in [0.5, 0.6) is 5.88 Å². The molecule has 0 spiro atoms. The molecule has 0 aliphatic carbocycles. The predicted molar refractivity (Wildman–Crippen MR) is 51.2 cm³/mol. The van der Waals surface area contributed by atoms with Gasteiger partial charge in [-0.15, -0.1) is 0 Å². The van der Waals surface area contributed by atoms with E-state index in [9.17, 15) is 20.0 Å². The minimum absolute atomic E-state index is 0.118. The van der Waals surface area contributed by atoms with Crippen molar-refractivity contribution in [3.8, 4) is 5.88 Å². The molecule has 88 valence electrons. The first-order valence-electron chi connectivity index (χ1n) is 4.44. The number of hydrogen-bond donors (Lipinski definition) is 0. The standard InChI is InChI=1S/C9H6N2O6/c12-8(13)4-16-9-6-3-5(11(14)15)1-2-7(6)17-10-9/h1-3H,4H2,(H,12,13)/p-1. The third kappa shape index (κ3) is 2.14. The minimum Gasteiger partial charge on any atom is -0.546 e. The van der Waals surface area contributed by atoms with Gasteiger partial charge in [-0.2, -0.15) is 0 Å². The maximum absolute atomic E-state index is 10.6. The molecule has 0 saturated heterocycles. The van der Waals surface area contributed by atoms with Crippen LogP contribution in [0, 0.1) is 10.1 Å². The van der Waals surface area contributed by atoms with Gasteiger partial charge in [0.25, 0.3) is 11.6 Å². The van der Waals surface area contributed by atoms with Crippen LogP contribution >= 0.6 is 0 Å². The Morgan fingerprint density at radius 2 is 2.29 bits per heavy atom. The topological polar surface area (TPSA) is 119 Å².